The number of carbonyl (C=O) groups excluding carboxylic acids is 2. The summed E-state index contributed by atoms with van der Waals surface area (Å²) in [7, 11) is 0. The van der Waals surface area contributed by atoms with Crippen LogP contribution in [-0.2, 0) is 20.9 Å². The van der Waals surface area contributed by atoms with Crippen molar-refractivity contribution in [1.82, 2.24) is 15.6 Å². The largest absolute Gasteiger partial charge is 0.459 e. The Bertz CT molecular complexity index is 441. The van der Waals surface area contributed by atoms with E-state index in [0.29, 0.717) is 6.54 Å². The van der Waals surface area contributed by atoms with E-state index in [-0.39, 0.29) is 19.0 Å². The normalized spacial score (nSPS) is 10.9. The molecule has 0 atom stereocenters. The summed E-state index contributed by atoms with van der Waals surface area (Å²) in [6.45, 7) is 5.84. The van der Waals surface area contributed by atoms with Crippen LogP contribution < -0.4 is 10.6 Å². The van der Waals surface area contributed by atoms with E-state index in [0.717, 1.165) is 5.69 Å². The first kappa shape index (κ1) is 16.1. The maximum atomic E-state index is 11.5. The minimum atomic E-state index is -0.543. The monoisotopic (exact) mass is 279 g/mol. The van der Waals surface area contributed by atoms with Gasteiger partial charge in [0, 0.05) is 12.7 Å². The zero-order valence-electron chi connectivity index (χ0n) is 12.1. The van der Waals surface area contributed by atoms with Gasteiger partial charge in [0.15, 0.2) is 0 Å². The predicted octanol–water partition coefficient (Wildman–Crippen LogP) is 0.629. The summed E-state index contributed by atoms with van der Waals surface area (Å²) in [5, 5.41) is 5.44. The Morgan fingerprint density at radius 2 is 2.00 bits per heavy atom. The number of pyridine rings is 1. The molecule has 0 radical (unpaired) electrons. The Morgan fingerprint density at radius 1 is 1.25 bits per heavy atom. The van der Waals surface area contributed by atoms with Crippen LogP contribution >= 0.6 is 0 Å². The summed E-state index contributed by atoms with van der Waals surface area (Å²) in [5.41, 5.74) is 0.311. The van der Waals surface area contributed by atoms with Gasteiger partial charge in [0.25, 0.3) is 0 Å². The van der Waals surface area contributed by atoms with Gasteiger partial charge in [-0.15, -0.1) is 0 Å². The van der Waals surface area contributed by atoms with E-state index < -0.39 is 11.6 Å². The molecule has 0 bridgehead atoms. The minimum Gasteiger partial charge on any atom is -0.459 e. The average molecular weight is 279 g/mol. The van der Waals surface area contributed by atoms with Crippen molar-refractivity contribution in [2.24, 2.45) is 0 Å². The molecule has 0 spiro atoms. The Kier molecular flexibility index (Phi) is 6.11. The summed E-state index contributed by atoms with van der Waals surface area (Å²) in [4.78, 5) is 27.0. The highest BCUT2D eigenvalue weighted by Crippen LogP contribution is 2.05. The molecule has 1 amide bonds. The first-order valence-corrected chi connectivity index (χ1v) is 6.46. The van der Waals surface area contributed by atoms with Crippen LogP contribution in [0.1, 0.15) is 26.5 Å². The number of ether oxygens (including phenoxy) is 1. The second kappa shape index (κ2) is 7.59. The third-order valence-corrected chi connectivity index (χ3v) is 2.17. The number of carbonyl (C=O) groups is 2. The lowest BCUT2D eigenvalue weighted by molar-refractivity contribution is -0.154. The van der Waals surface area contributed by atoms with Crippen LogP contribution in [0.4, 0.5) is 0 Å². The molecule has 1 aromatic heterocycles. The quantitative estimate of drug-likeness (QED) is 0.747. The highest BCUT2D eigenvalue weighted by molar-refractivity contribution is 5.83. The number of esters is 1. The molecule has 0 aromatic carbocycles. The maximum Gasteiger partial charge on any atom is 0.325 e. The van der Waals surface area contributed by atoms with Gasteiger partial charge in [-0.05, 0) is 32.9 Å². The van der Waals surface area contributed by atoms with Crippen LogP contribution in [0.15, 0.2) is 24.4 Å². The van der Waals surface area contributed by atoms with Crippen LogP contribution in [0.5, 0.6) is 0 Å². The molecule has 2 N–H and O–H groups in total. The van der Waals surface area contributed by atoms with Crippen LogP contribution in [0, 0.1) is 0 Å². The van der Waals surface area contributed by atoms with Gasteiger partial charge in [-0.1, -0.05) is 6.07 Å². The first-order valence-electron chi connectivity index (χ1n) is 6.46. The van der Waals surface area contributed by atoms with Crippen molar-refractivity contribution in [2.45, 2.75) is 32.9 Å². The zero-order chi connectivity index (χ0) is 15.0. The van der Waals surface area contributed by atoms with Crippen LogP contribution in [0.25, 0.3) is 0 Å². The van der Waals surface area contributed by atoms with Gasteiger partial charge in [0.05, 0.1) is 12.2 Å². The van der Waals surface area contributed by atoms with Crippen molar-refractivity contribution in [2.75, 3.05) is 13.1 Å². The Balaban J connectivity index is 2.16. The summed E-state index contributed by atoms with van der Waals surface area (Å²) >= 11 is 0. The Morgan fingerprint density at radius 3 is 2.60 bits per heavy atom. The van der Waals surface area contributed by atoms with Crippen LogP contribution in [0.3, 0.4) is 0 Å². The van der Waals surface area contributed by atoms with E-state index in [4.69, 9.17) is 4.74 Å². The molecule has 0 saturated carbocycles. The lowest BCUT2D eigenvalue weighted by Crippen LogP contribution is -2.39. The van der Waals surface area contributed by atoms with Gasteiger partial charge in [0.1, 0.15) is 12.1 Å². The van der Waals surface area contributed by atoms with Crippen molar-refractivity contribution in [3.05, 3.63) is 30.1 Å². The predicted molar refractivity (Wildman–Crippen MR) is 74.8 cm³/mol. The van der Waals surface area contributed by atoms with Crippen molar-refractivity contribution in [1.29, 1.82) is 0 Å². The molecule has 0 unspecified atom stereocenters. The number of nitrogens with zero attached hydrogens (tertiary/aromatic N) is 1. The van der Waals surface area contributed by atoms with E-state index in [2.05, 4.69) is 15.6 Å². The summed E-state index contributed by atoms with van der Waals surface area (Å²) < 4.78 is 5.08. The van der Waals surface area contributed by atoms with Gasteiger partial charge in [-0.3, -0.25) is 14.6 Å². The van der Waals surface area contributed by atoms with Gasteiger partial charge in [0.2, 0.25) is 5.91 Å². The van der Waals surface area contributed by atoms with Crippen LogP contribution in [-0.4, -0.2) is 35.6 Å². The van der Waals surface area contributed by atoms with Gasteiger partial charge >= 0.3 is 5.97 Å². The Hall–Kier alpha value is -1.95. The Labute approximate surface area is 118 Å². The van der Waals surface area contributed by atoms with Gasteiger partial charge < -0.3 is 15.4 Å². The first-order chi connectivity index (χ1) is 9.37. The molecule has 1 heterocycles. The molecular weight excluding hydrogens is 258 g/mol. The fourth-order valence-corrected chi connectivity index (χ4v) is 1.42. The molecule has 0 saturated heterocycles. The van der Waals surface area contributed by atoms with Crippen molar-refractivity contribution < 1.29 is 14.3 Å². The topological polar surface area (TPSA) is 80.3 Å². The SMILES string of the molecule is CC(C)(C)OC(=O)CNC(=O)CNCc1ccccn1. The lowest BCUT2D eigenvalue weighted by atomic mass is 10.2. The zero-order valence-corrected chi connectivity index (χ0v) is 12.1. The molecule has 0 fully saturated rings. The second-order valence-electron chi connectivity index (χ2n) is 5.29. The van der Waals surface area contributed by atoms with Crippen molar-refractivity contribution in [3.63, 3.8) is 0 Å². The van der Waals surface area contributed by atoms with Crippen molar-refractivity contribution in [3.8, 4) is 0 Å². The number of amides is 1. The smallest absolute Gasteiger partial charge is 0.325 e. The third-order valence-electron chi connectivity index (χ3n) is 2.17. The highest BCUT2D eigenvalue weighted by Gasteiger charge is 2.16. The number of rotatable bonds is 6. The number of hydrogen-bond donors (Lipinski definition) is 2. The highest BCUT2D eigenvalue weighted by atomic mass is 16.6. The molecule has 1 aromatic rings. The van der Waals surface area contributed by atoms with Crippen molar-refractivity contribution >= 4 is 11.9 Å². The van der Waals surface area contributed by atoms with E-state index >= 15 is 0 Å². The fraction of sp³-hybridized carbons (Fsp3) is 0.500. The third kappa shape index (κ3) is 7.48. The molecule has 0 aliphatic carbocycles. The van der Waals surface area contributed by atoms with E-state index in [1.54, 1.807) is 27.0 Å². The summed E-state index contributed by atoms with van der Waals surface area (Å²) in [6.07, 6.45) is 1.69. The molecule has 110 valence electrons. The van der Waals surface area contributed by atoms with Crippen LogP contribution in [0.2, 0.25) is 0 Å². The van der Waals surface area contributed by atoms with E-state index in [1.165, 1.54) is 0 Å². The minimum absolute atomic E-state index is 0.124. The van der Waals surface area contributed by atoms with E-state index in [9.17, 15) is 9.59 Å². The summed E-state index contributed by atoms with van der Waals surface area (Å²) in [5.74, 6) is -0.706. The average Bonchev–Trinajstić information content (AvgIpc) is 2.36. The van der Waals surface area contributed by atoms with E-state index in [1.807, 2.05) is 18.2 Å². The van der Waals surface area contributed by atoms with Gasteiger partial charge in [-0.25, -0.2) is 0 Å². The molecule has 1 rings (SSSR count). The molecule has 6 heteroatoms. The molecule has 20 heavy (non-hydrogen) atoms. The number of hydrogen-bond acceptors (Lipinski definition) is 5. The second-order valence-corrected chi connectivity index (χ2v) is 5.29. The maximum absolute atomic E-state index is 11.5. The molecule has 0 aliphatic heterocycles. The molecule has 0 aliphatic rings. The van der Waals surface area contributed by atoms with Gasteiger partial charge in [-0.2, -0.15) is 0 Å². The number of aromatic nitrogens is 1. The fourth-order valence-electron chi connectivity index (χ4n) is 1.42. The standard InChI is InChI=1S/C14H21N3O3/c1-14(2,3)20-13(19)10-17-12(18)9-15-8-11-6-4-5-7-16-11/h4-7,15H,8-10H2,1-3H3,(H,17,18). The molecular formula is C14H21N3O3. The summed E-state index contributed by atoms with van der Waals surface area (Å²) in [6, 6.07) is 5.58. The molecule has 6 nitrogen and oxygen atoms in total. The lowest BCUT2D eigenvalue weighted by Gasteiger charge is -2.19. The number of nitrogens with one attached hydrogen (secondary N) is 2.